The minimum atomic E-state index is -0.0808. The van der Waals surface area contributed by atoms with Crippen LogP contribution in [0.1, 0.15) is 27.2 Å². The van der Waals surface area contributed by atoms with E-state index >= 15 is 0 Å². The van der Waals surface area contributed by atoms with Crippen molar-refractivity contribution in [3.8, 4) is 11.1 Å². The van der Waals surface area contributed by atoms with Crippen molar-refractivity contribution in [2.75, 3.05) is 0 Å². The average molecular weight is 381 g/mol. The van der Waals surface area contributed by atoms with Gasteiger partial charge in [-0.25, -0.2) is 0 Å². The Morgan fingerprint density at radius 2 is 1.66 bits per heavy atom. The third-order valence-corrected chi connectivity index (χ3v) is 5.04. The highest BCUT2D eigenvalue weighted by Gasteiger charge is 2.15. The first-order valence-corrected chi connectivity index (χ1v) is 9.68. The van der Waals surface area contributed by atoms with E-state index in [-0.39, 0.29) is 5.91 Å². The fourth-order valence-corrected chi connectivity index (χ4v) is 3.37. The van der Waals surface area contributed by atoms with Crippen molar-refractivity contribution in [3.05, 3.63) is 114 Å². The lowest BCUT2D eigenvalue weighted by Gasteiger charge is -2.11. The van der Waals surface area contributed by atoms with Gasteiger partial charge in [-0.3, -0.25) is 9.78 Å². The van der Waals surface area contributed by atoms with Gasteiger partial charge in [0.25, 0.3) is 5.91 Å². The molecule has 0 bridgehead atoms. The first kappa shape index (κ1) is 18.7. The Hall–Kier alpha value is -3.66. The van der Waals surface area contributed by atoms with E-state index in [9.17, 15) is 4.79 Å². The van der Waals surface area contributed by atoms with Gasteiger partial charge in [0.1, 0.15) is 5.69 Å². The van der Waals surface area contributed by atoms with Crippen LogP contribution in [0.5, 0.6) is 0 Å². The Balaban J connectivity index is 1.64. The van der Waals surface area contributed by atoms with Gasteiger partial charge in [-0.15, -0.1) is 0 Å². The van der Waals surface area contributed by atoms with Crippen LogP contribution >= 0.6 is 0 Å². The monoisotopic (exact) mass is 381 g/mol. The van der Waals surface area contributed by atoms with Crippen molar-refractivity contribution in [2.45, 2.75) is 20.0 Å². The molecule has 0 saturated carbocycles. The zero-order chi connectivity index (χ0) is 20.1. The predicted molar refractivity (Wildman–Crippen MR) is 116 cm³/mol. The van der Waals surface area contributed by atoms with E-state index < -0.39 is 0 Å². The van der Waals surface area contributed by atoms with Crippen LogP contribution in [0, 0.1) is 6.92 Å². The molecule has 0 radical (unpaired) electrons. The van der Waals surface area contributed by atoms with Crippen LogP contribution < -0.4 is 5.32 Å². The number of nitrogens with one attached hydrogen (secondary N) is 1. The Kier molecular flexibility index (Phi) is 5.52. The van der Waals surface area contributed by atoms with Gasteiger partial charge >= 0.3 is 0 Å². The SMILES string of the molecule is Cc1ccccc1Cn1cc(-c2ccncc2)cc1C(=O)NCc1ccccc1. The van der Waals surface area contributed by atoms with Crippen LogP contribution in [-0.2, 0) is 13.1 Å². The quantitative estimate of drug-likeness (QED) is 0.520. The number of pyridine rings is 1. The number of aryl methyl sites for hydroxylation is 1. The minimum absolute atomic E-state index is 0.0808. The molecule has 2 heterocycles. The summed E-state index contributed by atoms with van der Waals surface area (Å²) in [5.41, 5.74) is 6.18. The van der Waals surface area contributed by atoms with Crippen molar-refractivity contribution in [3.63, 3.8) is 0 Å². The van der Waals surface area contributed by atoms with Crippen LogP contribution in [0.25, 0.3) is 11.1 Å². The van der Waals surface area contributed by atoms with Crippen LogP contribution in [0.15, 0.2) is 91.4 Å². The third kappa shape index (κ3) is 4.43. The lowest BCUT2D eigenvalue weighted by Crippen LogP contribution is -2.25. The first-order valence-electron chi connectivity index (χ1n) is 9.68. The number of benzene rings is 2. The molecule has 0 spiro atoms. The standard InChI is InChI=1S/C25H23N3O/c1-19-7-5-6-10-22(19)17-28-18-23(21-11-13-26-14-12-21)15-24(28)25(29)27-16-20-8-3-2-4-9-20/h2-15,18H,16-17H2,1H3,(H,27,29). The fraction of sp³-hybridized carbons (Fsp3) is 0.120. The zero-order valence-corrected chi connectivity index (χ0v) is 16.4. The van der Waals surface area contributed by atoms with Gasteiger partial charge < -0.3 is 9.88 Å². The number of carbonyl (C=O) groups excluding carboxylic acids is 1. The number of carbonyl (C=O) groups is 1. The number of nitrogens with zero attached hydrogens (tertiary/aromatic N) is 2. The summed E-state index contributed by atoms with van der Waals surface area (Å²) in [7, 11) is 0. The molecule has 4 heteroatoms. The number of aromatic nitrogens is 2. The lowest BCUT2D eigenvalue weighted by molar-refractivity contribution is 0.0942. The molecular formula is C25H23N3O. The molecule has 0 unspecified atom stereocenters. The second-order valence-electron chi connectivity index (χ2n) is 7.07. The third-order valence-electron chi connectivity index (χ3n) is 5.04. The Morgan fingerprint density at radius 1 is 0.931 bits per heavy atom. The van der Waals surface area contributed by atoms with Crippen LogP contribution in [0.2, 0.25) is 0 Å². The summed E-state index contributed by atoms with van der Waals surface area (Å²) in [6.45, 7) is 3.24. The van der Waals surface area contributed by atoms with Crippen LogP contribution in [-0.4, -0.2) is 15.5 Å². The topological polar surface area (TPSA) is 46.9 Å². The second-order valence-corrected chi connectivity index (χ2v) is 7.07. The molecule has 0 aliphatic rings. The second kappa shape index (κ2) is 8.57. The molecule has 0 fully saturated rings. The molecule has 1 amide bonds. The Labute approximate surface area is 170 Å². The van der Waals surface area contributed by atoms with E-state index in [1.807, 2.05) is 71.4 Å². The molecule has 4 nitrogen and oxygen atoms in total. The smallest absolute Gasteiger partial charge is 0.268 e. The van der Waals surface area contributed by atoms with Crippen molar-refractivity contribution >= 4 is 5.91 Å². The average Bonchev–Trinajstić information content (AvgIpc) is 3.19. The molecule has 0 atom stereocenters. The van der Waals surface area contributed by atoms with Gasteiger partial charge in [-0.2, -0.15) is 0 Å². The van der Waals surface area contributed by atoms with E-state index in [0.717, 1.165) is 16.7 Å². The summed E-state index contributed by atoms with van der Waals surface area (Å²) in [5, 5.41) is 3.05. The maximum Gasteiger partial charge on any atom is 0.268 e. The van der Waals surface area contributed by atoms with E-state index in [0.29, 0.717) is 18.8 Å². The lowest BCUT2D eigenvalue weighted by atomic mass is 10.1. The number of rotatable bonds is 6. The molecule has 4 aromatic rings. The summed E-state index contributed by atoms with van der Waals surface area (Å²) in [6.07, 6.45) is 5.57. The molecule has 29 heavy (non-hydrogen) atoms. The number of amides is 1. The molecule has 4 rings (SSSR count). The van der Waals surface area contributed by atoms with E-state index in [1.54, 1.807) is 12.4 Å². The molecule has 0 aliphatic carbocycles. The van der Waals surface area contributed by atoms with Gasteiger partial charge in [0.15, 0.2) is 0 Å². The van der Waals surface area contributed by atoms with Gasteiger partial charge in [0.05, 0.1) is 0 Å². The molecule has 1 N–H and O–H groups in total. The van der Waals surface area contributed by atoms with E-state index in [2.05, 4.69) is 29.4 Å². The normalized spacial score (nSPS) is 10.7. The van der Waals surface area contributed by atoms with Gasteiger partial charge in [-0.05, 0) is 47.4 Å². The van der Waals surface area contributed by atoms with Crippen LogP contribution in [0.4, 0.5) is 0 Å². The first-order chi connectivity index (χ1) is 14.2. The molecular weight excluding hydrogens is 358 g/mol. The minimum Gasteiger partial charge on any atom is -0.347 e. The van der Waals surface area contributed by atoms with E-state index in [1.165, 1.54) is 11.1 Å². The molecule has 2 aromatic heterocycles. The zero-order valence-electron chi connectivity index (χ0n) is 16.4. The van der Waals surface area contributed by atoms with Crippen molar-refractivity contribution in [1.82, 2.24) is 14.9 Å². The van der Waals surface area contributed by atoms with E-state index in [4.69, 9.17) is 0 Å². The van der Waals surface area contributed by atoms with Crippen molar-refractivity contribution < 1.29 is 4.79 Å². The van der Waals surface area contributed by atoms with Gasteiger partial charge in [0.2, 0.25) is 0 Å². The maximum atomic E-state index is 13.0. The Morgan fingerprint density at radius 3 is 2.41 bits per heavy atom. The highest BCUT2D eigenvalue weighted by molar-refractivity contribution is 5.94. The summed E-state index contributed by atoms with van der Waals surface area (Å²) < 4.78 is 2.03. The van der Waals surface area contributed by atoms with Crippen LogP contribution in [0.3, 0.4) is 0 Å². The summed E-state index contributed by atoms with van der Waals surface area (Å²) in [4.78, 5) is 17.1. The summed E-state index contributed by atoms with van der Waals surface area (Å²) in [5.74, 6) is -0.0808. The summed E-state index contributed by atoms with van der Waals surface area (Å²) >= 11 is 0. The molecule has 2 aromatic carbocycles. The maximum absolute atomic E-state index is 13.0. The molecule has 0 aliphatic heterocycles. The highest BCUT2D eigenvalue weighted by Crippen LogP contribution is 2.23. The number of hydrogen-bond donors (Lipinski definition) is 1. The Bertz CT molecular complexity index is 1100. The predicted octanol–water partition coefficient (Wildman–Crippen LogP) is 4.84. The van der Waals surface area contributed by atoms with Crippen molar-refractivity contribution in [2.24, 2.45) is 0 Å². The molecule has 0 saturated heterocycles. The van der Waals surface area contributed by atoms with Gasteiger partial charge in [-0.1, -0.05) is 54.6 Å². The number of hydrogen-bond acceptors (Lipinski definition) is 2. The van der Waals surface area contributed by atoms with Gasteiger partial charge in [0, 0.05) is 37.2 Å². The summed E-state index contributed by atoms with van der Waals surface area (Å²) in [6, 6.07) is 24.1. The largest absolute Gasteiger partial charge is 0.347 e. The van der Waals surface area contributed by atoms with Crippen molar-refractivity contribution in [1.29, 1.82) is 0 Å². The molecule has 144 valence electrons. The fourth-order valence-electron chi connectivity index (χ4n) is 3.37. The highest BCUT2D eigenvalue weighted by atomic mass is 16.1.